The Kier molecular flexibility index (Phi) is 5.69. The third-order valence-corrected chi connectivity index (χ3v) is 3.67. The number of thiophene rings is 1. The van der Waals surface area contributed by atoms with Gasteiger partial charge in [-0.05, 0) is 31.7 Å². The van der Waals surface area contributed by atoms with Crippen LogP contribution in [0.3, 0.4) is 0 Å². The zero-order valence-electron chi connectivity index (χ0n) is 11.4. The molecule has 20 heavy (non-hydrogen) atoms. The molecule has 1 heterocycles. The third kappa shape index (κ3) is 5.00. The lowest BCUT2D eigenvalue weighted by atomic mass is 9.90. The highest BCUT2D eigenvalue weighted by atomic mass is 32.1. The van der Waals surface area contributed by atoms with Gasteiger partial charge in [-0.15, -0.1) is 11.3 Å². The number of carboxylic acids is 1. The summed E-state index contributed by atoms with van der Waals surface area (Å²) in [5, 5.41) is 15.8. The van der Waals surface area contributed by atoms with Crippen molar-refractivity contribution in [2.45, 2.75) is 20.3 Å². The first-order chi connectivity index (χ1) is 9.33. The molecule has 0 saturated carbocycles. The zero-order chi connectivity index (χ0) is 15.2. The minimum absolute atomic E-state index is 0.121. The first-order valence-electron chi connectivity index (χ1n) is 6.15. The molecule has 0 aliphatic rings. The maximum atomic E-state index is 11.6. The van der Waals surface area contributed by atoms with Crippen LogP contribution in [-0.2, 0) is 9.59 Å². The molecule has 0 aliphatic carbocycles. The Morgan fingerprint density at radius 2 is 2.00 bits per heavy atom. The van der Waals surface area contributed by atoms with Gasteiger partial charge in [-0.1, -0.05) is 6.07 Å². The van der Waals surface area contributed by atoms with E-state index in [0.29, 0.717) is 11.3 Å². The van der Waals surface area contributed by atoms with E-state index >= 15 is 0 Å². The number of nitrogens with one attached hydrogen (secondary N) is 2. The average Bonchev–Trinajstić information content (AvgIpc) is 2.89. The number of rotatable bonds is 7. The molecule has 2 amide bonds. The standard InChI is InChI=1S/C13H18N2O4S/c1-13(2,12(18)19)5-6-14-10(16)8-15-11(17)9-4-3-7-20-9/h3-4,7H,5-6,8H2,1-2H3,(H,14,16)(H,15,17)(H,18,19). The SMILES string of the molecule is CC(C)(CCNC(=O)CNC(=O)c1cccs1)C(=O)O. The predicted molar refractivity (Wildman–Crippen MR) is 75.7 cm³/mol. The lowest BCUT2D eigenvalue weighted by molar-refractivity contribution is -0.147. The highest BCUT2D eigenvalue weighted by molar-refractivity contribution is 7.12. The van der Waals surface area contributed by atoms with Gasteiger partial charge in [-0.3, -0.25) is 14.4 Å². The molecule has 0 fully saturated rings. The van der Waals surface area contributed by atoms with Gasteiger partial charge in [-0.2, -0.15) is 0 Å². The van der Waals surface area contributed by atoms with E-state index in [2.05, 4.69) is 10.6 Å². The molecule has 0 aliphatic heterocycles. The largest absolute Gasteiger partial charge is 0.481 e. The maximum Gasteiger partial charge on any atom is 0.309 e. The van der Waals surface area contributed by atoms with E-state index in [4.69, 9.17) is 5.11 Å². The number of amides is 2. The van der Waals surface area contributed by atoms with Gasteiger partial charge in [0, 0.05) is 6.54 Å². The Morgan fingerprint density at radius 3 is 2.55 bits per heavy atom. The molecular formula is C13H18N2O4S. The van der Waals surface area contributed by atoms with E-state index in [1.807, 2.05) is 0 Å². The van der Waals surface area contributed by atoms with E-state index in [0.717, 1.165) is 0 Å². The molecule has 0 radical (unpaired) electrons. The fourth-order valence-corrected chi connectivity index (χ4v) is 1.98. The minimum atomic E-state index is -0.905. The van der Waals surface area contributed by atoms with Crippen LogP contribution in [0.1, 0.15) is 29.9 Å². The summed E-state index contributed by atoms with van der Waals surface area (Å²) >= 11 is 1.30. The Morgan fingerprint density at radius 1 is 1.30 bits per heavy atom. The van der Waals surface area contributed by atoms with Gasteiger partial charge in [0.25, 0.3) is 5.91 Å². The number of carboxylic acid groups (broad SMARTS) is 1. The van der Waals surface area contributed by atoms with Crippen LogP contribution in [0.2, 0.25) is 0 Å². The van der Waals surface area contributed by atoms with Gasteiger partial charge in [0.15, 0.2) is 0 Å². The van der Waals surface area contributed by atoms with E-state index in [9.17, 15) is 14.4 Å². The smallest absolute Gasteiger partial charge is 0.309 e. The first kappa shape index (κ1) is 16.2. The van der Waals surface area contributed by atoms with Crippen LogP contribution in [0.15, 0.2) is 17.5 Å². The van der Waals surface area contributed by atoms with Crippen LogP contribution in [0.5, 0.6) is 0 Å². The van der Waals surface area contributed by atoms with Crippen molar-refractivity contribution in [3.05, 3.63) is 22.4 Å². The molecule has 110 valence electrons. The molecule has 1 aromatic heterocycles. The van der Waals surface area contributed by atoms with Gasteiger partial charge in [0.05, 0.1) is 16.8 Å². The van der Waals surface area contributed by atoms with Gasteiger partial charge in [0.2, 0.25) is 5.91 Å². The normalized spacial score (nSPS) is 10.9. The number of hydrogen-bond donors (Lipinski definition) is 3. The second-order valence-electron chi connectivity index (χ2n) is 4.95. The van der Waals surface area contributed by atoms with Crippen LogP contribution in [0, 0.1) is 5.41 Å². The maximum absolute atomic E-state index is 11.6. The van der Waals surface area contributed by atoms with Crippen molar-refractivity contribution in [3.63, 3.8) is 0 Å². The van der Waals surface area contributed by atoms with E-state index < -0.39 is 11.4 Å². The number of aliphatic carboxylic acids is 1. The highest BCUT2D eigenvalue weighted by Crippen LogP contribution is 2.19. The summed E-state index contributed by atoms with van der Waals surface area (Å²) in [6, 6.07) is 3.43. The molecule has 6 nitrogen and oxygen atoms in total. The van der Waals surface area contributed by atoms with Crippen molar-refractivity contribution in [1.82, 2.24) is 10.6 Å². The van der Waals surface area contributed by atoms with Crippen LogP contribution < -0.4 is 10.6 Å². The second-order valence-corrected chi connectivity index (χ2v) is 5.90. The summed E-state index contributed by atoms with van der Waals surface area (Å²) in [6.45, 7) is 3.33. The third-order valence-electron chi connectivity index (χ3n) is 2.81. The Bertz CT molecular complexity index is 483. The van der Waals surface area contributed by atoms with Crippen molar-refractivity contribution in [3.8, 4) is 0 Å². The molecule has 0 spiro atoms. The topological polar surface area (TPSA) is 95.5 Å². The van der Waals surface area contributed by atoms with Crippen molar-refractivity contribution in [1.29, 1.82) is 0 Å². The monoisotopic (exact) mass is 298 g/mol. The molecule has 0 bridgehead atoms. The summed E-state index contributed by atoms with van der Waals surface area (Å²) < 4.78 is 0. The first-order valence-corrected chi connectivity index (χ1v) is 7.03. The molecule has 3 N–H and O–H groups in total. The molecule has 0 atom stereocenters. The predicted octanol–water partition coefficient (Wildman–Crippen LogP) is 1.09. The average molecular weight is 298 g/mol. The fraction of sp³-hybridized carbons (Fsp3) is 0.462. The van der Waals surface area contributed by atoms with Gasteiger partial charge < -0.3 is 15.7 Å². The number of hydrogen-bond acceptors (Lipinski definition) is 4. The molecule has 1 aromatic rings. The minimum Gasteiger partial charge on any atom is -0.481 e. The van der Waals surface area contributed by atoms with Gasteiger partial charge >= 0.3 is 5.97 Å². The van der Waals surface area contributed by atoms with Crippen LogP contribution in [0.4, 0.5) is 0 Å². The molecule has 0 saturated heterocycles. The Balaban J connectivity index is 2.24. The van der Waals surface area contributed by atoms with Gasteiger partial charge in [0.1, 0.15) is 0 Å². The number of carbonyl (C=O) groups is 3. The van der Waals surface area contributed by atoms with E-state index in [1.165, 1.54) is 11.3 Å². The zero-order valence-corrected chi connectivity index (χ0v) is 12.3. The van der Waals surface area contributed by atoms with Crippen molar-refractivity contribution in [2.24, 2.45) is 5.41 Å². The molecule has 7 heteroatoms. The van der Waals surface area contributed by atoms with Crippen molar-refractivity contribution < 1.29 is 19.5 Å². The van der Waals surface area contributed by atoms with Crippen molar-refractivity contribution in [2.75, 3.05) is 13.1 Å². The quantitative estimate of drug-likeness (QED) is 0.702. The second kappa shape index (κ2) is 7.04. The van der Waals surface area contributed by atoms with E-state index in [1.54, 1.807) is 31.4 Å². The Hall–Kier alpha value is -1.89. The van der Waals surface area contributed by atoms with Crippen molar-refractivity contribution >= 4 is 29.1 Å². The summed E-state index contributed by atoms with van der Waals surface area (Å²) in [5.74, 6) is -1.53. The highest BCUT2D eigenvalue weighted by Gasteiger charge is 2.26. The fourth-order valence-electron chi connectivity index (χ4n) is 1.34. The summed E-state index contributed by atoms with van der Waals surface area (Å²) in [6.07, 6.45) is 0.326. The van der Waals surface area contributed by atoms with Crippen LogP contribution >= 0.6 is 11.3 Å². The molecule has 0 aromatic carbocycles. The summed E-state index contributed by atoms with van der Waals surface area (Å²) in [5.41, 5.74) is -0.881. The Labute approximate surface area is 121 Å². The lowest BCUT2D eigenvalue weighted by Crippen LogP contribution is -2.38. The molecular weight excluding hydrogens is 280 g/mol. The summed E-state index contributed by atoms with van der Waals surface area (Å²) in [4.78, 5) is 34.5. The van der Waals surface area contributed by atoms with E-state index in [-0.39, 0.29) is 24.9 Å². The van der Waals surface area contributed by atoms with Gasteiger partial charge in [-0.25, -0.2) is 0 Å². The summed E-state index contributed by atoms with van der Waals surface area (Å²) in [7, 11) is 0. The van der Waals surface area contributed by atoms with Crippen LogP contribution in [0.25, 0.3) is 0 Å². The molecule has 1 rings (SSSR count). The van der Waals surface area contributed by atoms with Crippen LogP contribution in [-0.4, -0.2) is 36.0 Å². The lowest BCUT2D eigenvalue weighted by Gasteiger charge is -2.18. The molecule has 0 unspecified atom stereocenters. The number of carbonyl (C=O) groups excluding carboxylic acids is 2.